The average molecular weight is 1000 g/mol. The fourth-order valence-electron chi connectivity index (χ4n) is 8.77. The molecule has 3 aromatic heterocycles. The van der Waals surface area contributed by atoms with E-state index in [2.05, 4.69) is 47.4 Å². The highest BCUT2D eigenvalue weighted by molar-refractivity contribution is 5.93. The van der Waals surface area contributed by atoms with E-state index in [4.69, 9.17) is 13.6 Å². The summed E-state index contributed by atoms with van der Waals surface area (Å²) in [6.07, 6.45) is -3.03. The number of phenolic OH excluding ortho intramolecular Hbond substituents is 1. The maximum Gasteiger partial charge on any atom is 0.324 e. The van der Waals surface area contributed by atoms with Crippen LogP contribution in [-0.2, 0) is 17.8 Å². The lowest BCUT2D eigenvalue weighted by atomic mass is 10.1. The van der Waals surface area contributed by atoms with Crippen molar-refractivity contribution < 1.29 is 50.2 Å². The van der Waals surface area contributed by atoms with E-state index in [-0.39, 0.29) is 53.8 Å². The lowest BCUT2D eigenvalue weighted by molar-refractivity contribution is -0.0738. The van der Waals surface area contributed by atoms with Gasteiger partial charge in [-0.1, -0.05) is 19.1 Å². The number of anilines is 3. The smallest absolute Gasteiger partial charge is 0.324 e. The molecule has 4 amide bonds. The molecule has 0 bridgehead atoms. The van der Waals surface area contributed by atoms with Crippen LogP contribution in [0.15, 0.2) is 93.9 Å². The van der Waals surface area contributed by atoms with Crippen molar-refractivity contribution in [2.45, 2.75) is 51.4 Å². The van der Waals surface area contributed by atoms with Crippen molar-refractivity contribution in [3.8, 4) is 28.7 Å². The number of alkyl halides is 4. The first-order chi connectivity index (χ1) is 34.8. The number of nitrogens with one attached hydrogen (secondary N) is 1. The van der Waals surface area contributed by atoms with Gasteiger partial charge in [-0.05, 0) is 79.1 Å². The van der Waals surface area contributed by atoms with Crippen molar-refractivity contribution in [1.82, 2.24) is 45.0 Å². The van der Waals surface area contributed by atoms with Crippen LogP contribution in [0.5, 0.6) is 5.75 Å². The second-order valence-corrected chi connectivity index (χ2v) is 17.9. The van der Waals surface area contributed by atoms with Crippen LogP contribution < -0.4 is 15.1 Å². The Labute approximate surface area is 411 Å². The fourth-order valence-corrected chi connectivity index (χ4v) is 8.77. The van der Waals surface area contributed by atoms with Gasteiger partial charge in [-0.15, -0.1) is 20.4 Å². The number of benzene rings is 3. The van der Waals surface area contributed by atoms with Gasteiger partial charge in [-0.2, -0.15) is 17.6 Å². The molecule has 18 nitrogen and oxygen atoms in total. The Morgan fingerprint density at radius 2 is 1.31 bits per heavy atom. The third kappa shape index (κ3) is 11.6. The zero-order valence-electron chi connectivity index (χ0n) is 39.5. The Bertz CT molecular complexity index is 2780. The summed E-state index contributed by atoms with van der Waals surface area (Å²) >= 11 is 0. The fraction of sp³-hybridized carbons (Fsp3) is 0.408. The standard InChI is InChI=1S/C25H29F2N7O2.C24H24F3N5O4/c1-16-12-21(16)32-8-10-33(11-9-32)25(35)34(20-5-3-4-18(13-20)28-2)15-19-7-6-17(14-29-19)23-30-31-24(36-23)22(26)27;25-20-11-15(22-28-29-23(36-22)21(26)27)1-2-16(20)12-32(17-3-5-19(33)6-4-17)24(34)31-9-7-30(8-10-31)18-13-35-14-18/h3-7,13-14,16,21-22,28H,8-12,15H2,1-2H3;1-6,11,18,21,33H,7-10,12-14H2. The predicted octanol–water partition coefficient (Wildman–Crippen LogP) is 7.93. The molecular formula is C49H53F5N12O6. The number of pyridine rings is 1. The third-order valence-corrected chi connectivity index (χ3v) is 13.2. The summed E-state index contributed by atoms with van der Waals surface area (Å²) in [6, 6.07) is 21.9. The van der Waals surface area contributed by atoms with Gasteiger partial charge in [0.05, 0.1) is 43.6 Å². The third-order valence-electron chi connectivity index (χ3n) is 13.2. The van der Waals surface area contributed by atoms with Gasteiger partial charge in [-0.25, -0.2) is 14.0 Å². The van der Waals surface area contributed by atoms with Crippen LogP contribution in [0.3, 0.4) is 0 Å². The van der Waals surface area contributed by atoms with Crippen molar-refractivity contribution in [3.05, 3.63) is 114 Å². The maximum atomic E-state index is 15.1. The van der Waals surface area contributed by atoms with Crippen molar-refractivity contribution in [3.63, 3.8) is 0 Å². The van der Waals surface area contributed by atoms with Gasteiger partial charge in [0.25, 0.3) is 11.8 Å². The SMILES string of the molecule is CNc1cccc(N(Cc2ccc(-c3nnc(C(F)F)o3)cn2)C(=O)N2CCN(C3CC3C)CC2)c1.O=C(N1CCN(C2COC2)CC1)N(Cc1ccc(-c2nnc(C(F)F)o2)cc1F)c1ccc(O)cc1. The summed E-state index contributed by atoms with van der Waals surface area (Å²) in [4.78, 5) is 43.2. The molecule has 2 atom stereocenters. The van der Waals surface area contributed by atoms with Gasteiger partial charge in [0.15, 0.2) is 0 Å². The van der Waals surface area contributed by atoms with Crippen LogP contribution in [0, 0.1) is 11.7 Å². The number of aromatic hydroxyl groups is 1. The highest BCUT2D eigenvalue weighted by Gasteiger charge is 2.40. The largest absolute Gasteiger partial charge is 0.508 e. The van der Waals surface area contributed by atoms with E-state index in [1.54, 1.807) is 34.1 Å². The van der Waals surface area contributed by atoms with Gasteiger partial charge in [0.2, 0.25) is 11.8 Å². The highest BCUT2D eigenvalue weighted by Crippen LogP contribution is 2.36. The van der Waals surface area contributed by atoms with Gasteiger partial charge < -0.3 is 33.8 Å². The number of phenols is 1. The number of halogens is 5. The van der Waals surface area contributed by atoms with Crippen LogP contribution in [0.1, 0.15) is 49.2 Å². The molecule has 2 unspecified atom stereocenters. The van der Waals surface area contributed by atoms with Crippen LogP contribution in [-0.4, -0.2) is 147 Å². The van der Waals surface area contributed by atoms with E-state index in [0.29, 0.717) is 68.4 Å². The van der Waals surface area contributed by atoms with Gasteiger partial charge in [-0.3, -0.25) is 24.6 Å². The van der Waals surface area contributed by atoms with E-state index in [1.807, 2.05) is 36.2 Å². The number of ether oxygens (including phenoxy) is 1. The molecule has 0 radical (unpaired) electrons. The Morgan fingerprint density at radius 3 is 1.82 bits per heavy atom. The first-order valence-electron chi connectivity index (χ1n) is 23.5. The number of urea groups is 2. The molecule has 4 aliphatic rings. The lowest BCUT2D eigenvalue weighted by Crippen LogP contribution is -2.59. The second-order valence-electron chi connectivity index (χ2n) is 17.9. The number of aromatic nitrogens is 5. The van der Waals surface area contributed by atoms with Crippen molar-refractivity contribution in [2.75, 3.05) is 87.7 Å². The monoisotopic (exact) mass is 1000 g/mol. The zero-order valence-corrected chi connectivity index (χ0v) is 39.5. The molecular weight excluding hydrogens is 948 g/mol. The molecule has 4 fully saturated rings. The topological polar surface area (TPSA) is 186 Å². The Hall–Kier alpha value is -7.24. The Kier molecular flexibility index (Phi) is 15.2. The molecule has 1 saturated carbocycles. The number of carbonyl (C=O) groups is 2. The molecule has 72 heavy (non-hydrogen) atoms. The molecule has 6 aromatic rings. The van der Waals surface area contributed by atoms with Gasteiger partial charge in [0.1, 0.15) is 11.6 Å². The number of hydrogen-bond acceptors (Lipinski definition) is 14. The highest BCUT2D eigenvalue weighted by atomic mass is 19.3. The normalized spacial score (nSPS) is 18.4. The minimum Gasteiger partial charge on any atom is -0.508 e. The molecule has 0 spiro atoms. The molecule has 3 aromatic carbocycles. The Morgan fingerprint density at radius 1 is 0.722 bits per heavy atom. The van der Waals surface area contributed by atoms with E-state index in [9.17, 15) is 32.3 Å². The van der Waals surface area contributed by atoms with Crippen LogP contribution in [0.2, 0.25) is 0 Å². The number of amides is 4. The minimum absolute atomic E-state index is 0.0261. The molecule has 3 saturated heterocycles. The minimum atomic E-state index is -2.93. The number of piperazine rings is 2. The summed E-state index contributed by atoms with van der Waals surface area (Å²) in [5.74, 6) is -1.69. The molecule has 380 valence electrons. The summed E-state index contributed by atoms with van der Waals surface area (Å²) in [5.41, 5.74) is 3.57. The first kappa shape index (κ1) is 49.7. The van der Waals surface area contributed by atoms with Crippen LogP contribution in [0.4, 0.5) is 48.6 Å². The zero-order chi connectivity index (χ0) is 50.5. The van der Waals surface area contributed by atoms with Crippen molar-refractivity contribution in [1.29, 1.82) is 0 Å². The average Bonchev–Trinajstić information content (AvgIpc) is 3.69. The predicted molar refractivity (Wildman–Crippen MR) is 253 cm³/mol. The number of rotatable bonds is 13. The number of carbonyl (C=O) groups excluding carboxylic acids is 2. The molecule has 3 aliphatic heterocycles. The lowest BCUT2D eigenvalue weighted by Gasteiger charge is -2.43. The van der Waals surface area contributed by atoms with Gasteiger partial charge in [0, 0.05) is 99.8 Å². The van der Waals surface area contributed by atoms with E-state index in [0.717, 1.165) is 49.5 Å². The van der Waals surface area contributed by atoms with Gasteiger partial charge >= 0.3 is 24.9 Å². The second kappa shape index (κ2) is 22.0. The van der Waals surface area contributed by atoms with Crippen molar-refractivity contribution >= 4 is 29.1 Å². The first-order valence-corrected chi connectivity index (χ1v) is 23.5. The van der Waals surface area contributed by atoms with Crippen LogP contribution in [0.25, 0.3) is 22.9 Å². The van der Waals surface area contributed by atoms with Crippen LogP contribution >= 0.6 is 0 Å². The number of nitrogens with zero attached hydrogens (tertiary/aromatic N) is 11. The summed E-state index contributed by atoms with van der Waals surface area (Å²) in [6.45, 7) is 9.44. The van der Waals surface area contributed by atoms with E-state index < -0.39 is 30.4 Å². The molecule has 23 heteroatoms. The molecule has 6 heterocycles. The Balaban J connectivity index is 0.000000178. The number of hydrogen-bond donors (Lipinski definition) is 2. The molecule has 2 N–H and O–H groups in total. The summed E-state index contributed by atoms with van der Waals surface area (Å²) < 4.78 is 81.3. The van der Waals surface area contributed by atoms with Crippen molar-refractivity contribution in [2.24, 2.45) is 5.92 Å². The van der Waals surface area contributed by atoms with E-state index in [1.165, 1.54) is 41.8 Å². The summed E-state index contributed by atoms with van der Waals surface area (Å²) in [7, 11) is 1.83. The summed E-state index contributed by atoms with van der Waals surface area (Å²) in [5, 5.41) is 26.6. The molecule has 1 aliphatic carbocycles. The van der Waals surface area contributed by atoms with E-state index >= 15 is 4.39 Å². The quantitative estimate of drug-likeness (QED) is 0.106. The molecule has 10 rings (SSSR count). The maximum absolute atomic E-state index is 15.1.